The second kappa shape index (κ2) is 9.12. The van der Waals surface area contributed by atoms with Crippen molar-refractivity contribution >= 4 is 33.6 Å². The molecule has 0 aliphatic rings. The monoisotopic (exact) mass is 478 g/mol. The summed E-state index contributed by atoms with van der Waals surface area (Å²) in [6, 6.07) is 21.6. The molecule has 0 spiro atoms. The van der Waals surface area contributed by atoms with Crippen molar-refractivity contribution in [2.24, 2.45) is 5.41 Å². The maximum Gasteiger partial charge on any atom is 0.232 e. The summed E-state index contributed by atoms with van der Waals surface area (Å²) < 4.78 is 1.99. The fourth-order valence-electron chi connectivity index (χ4n) is 4.39. The highest BCUT2D eigenvalue weighted by molar-refractivity contribution is 7.13. The number of benzene rings is 2. The van der Waals surface area contributed by atoms with Crippen molar-refractivity contribution in [3.8, 4) is 11.3 Å². The highest BCUT2D eigenvalue weighted by atomic mass is 32.1. The van der Waals surface area contributed by atoms with Gasteiger partial charge in [-0.15, -0.1) is 10.2 Å². The summed E-state index contributed by atoms with van der Waals surface area (Å²) in [5, 5.41) is 11.2. The average molecular weight is 479 g/mol. The van der Waals surface area contributed by atoms with E-state index in [-0.39, 0.29) is 11.8 Å². The number of hydrogen-bond acceptors (Lipinski definition) is 5. The molecule has 3 heterocycles. The normalized spacial score (nSPS) is 12.3. The molecular weight excluding hydrogens is 456 g/mol. The van der Waals surface area contributed by atoms with Gasteiger partial charge in [-0.25, -0.2) is 9.83 Å². The number of aromatic nitrogens is 4. The molecule has 1 amide bonds. The summed E-state index contributed by atoms with van der Waals surface area (Å²) in [7, 11) is 0. The first-order valence-electron chi connectivity index (χ1n) is 11.0. The number of carbonyl (C=O) groups excluding carboxylic acids is 1. The molecule has 0 aliphatic carbocycles. The van der Waals surface area contributed by atoms with Crippen LogP contribution in [0.3, 0.4) is 0 Å². The SMILES string of the molecule is [C-]#[N+]c1ccc(-c2ncn3cc(C(c4ccccc4)C(C)(C)C(=O)Nc4nncs4)ccc23)cc1. The number of pyridine rings is 1. The van der Waals surface area contributed by atoms with E-state index in [9.17, 15) is 4.79 Å². The Morgan fingerprint density at radius 2 is 1.83 bits per heavy atom. The first-order valence-corrected chi connectivity index (χ1v) is 11.9. The predicted octanol–water partition coefficient (Wildman–Crippen LogP) is 6.20. The van der Waals surface area contributed by atoms with Crippen LogP contribution in [0, 0.1) is 12.0 Å². The van der Waals surface area contributed by atoms with Crippen molar-refractivity contribution in [1.82, 2.24) is 19.6 Å². The molecule has 0 bridgehead atoms. The Balaban J connectivity index is 1.56. The van der Waals surface area contributed by atoms with Gasteiger partial charge in [0.1, 0.15) is 5.51 Å². The minimum absolute atomic E-state index is 0.130. The van der Waals surface area contributed by atoms with E-state index in [1.54, 1.807) is 24.0 Å². The first kappa shape index (κ1) is 22.4. The summed E-state index contributed by atoms with van der Waals surface area (Å²) in [4.78, 5) is 21.5. The Morgan fingerprint density at radius 3 is 2.51 bits per heavy atom. The maximum atomic E-state index is 13.4. The van der Waals surface area contributed by atoms with E-state index in [0.29, 0.717) is 10.8 Å². The number of hydrogen-bond donors (Lipinski definition) is 1. The van der Waals surface area contributed by atoms with Crippen LogP contribution in [0.15, 0.2) is 84.8 Å². The third-order valence-electron chi connectivity index (χ3n) is 6.18. The Hall–Kier alpha value is -4.35. The van der Waals surface area contributed by atoms with Gasteiger partial charge in [-0.1, -0.05) is 85.8 Å². The number of imidazole rings is 1. The number of nitrogens with zero attached hydrogens (tertiary/aromatic N) is 5. The maximum absolute atomic E-state index is 13.4. The fraction of sp³-hybridized carbons (Fsp3) is 0.148. The molecule has 8 heteroatoms. The minimum atomic E-state index is -0.792. The van der Waals surface area contributed by atoms with Crippen LogP contribution in [-0.2, 0) is 4.79 Å². The van der Waals surface area contributed by atoms with Gasteiger partial charge in [0, 0.05) is 12.1 Å². The van der Waals surface area contributed by atoms with Crippen molar-refractivity contribution < 1.29 is 4.79 Å². The molecule has 35 heavy (non-hydrogen) atoms. The minimum Gasteiger partial charge on any atom is -0.305 e. The van der Waals surface area contributed by atoms with Gasteiger partial charge in [0.2, 0.25) is 11.0 Å². The molecule has 0 saturated heterocycles. The third-order valence-corrected chi connectivity index (χ3v) is 6.78. The molecule has 5 aromatic rings. The lowest BCUT2D eigenvalue weighted by Gasteiger charge is -2.33. The van der Waals surface area contributed by atoms with E-state index in [4.69, 9.17) is 6.57 Å². The molecule has 7 nitrogen and oxygen atoms in total. The van der Waals surface area contributed by atoms with Crippen molar-refractivity contribution in [2.75, 3.05) is 5.32 Å². The topological polar surface area (TPSA) is 76.5 Å². The number of rotatable bonds is 6. The van der Waals surface area contributed by atoms with Gasteiger partial charge < -0.3 is 9.72 Å². The smallest absolute Gasteiger partial charge is 0.232 e. The Morgan fingerprint density at radius 1 is 1.06 bits per heavy atom. The first-order chi connectivity index (χ1) is 17.0. The molecule has 3 aromatic heterocycles. The number of anilines is 1. The molecule has 172 valence electrons. The summed E-state index contributed by atoms with van der Waals surface area (Å²) in [5.74, 6) is -0.348. The summed E-state index contributed by atoms with van der Waals surface area (Å²) in [6.07, 6.45) is 3.82. The second-order valence-corrected chi connectivity index (χ2v) is 9.60. The van der Waals surface area contributed by atoms with E-state index in [0.717, 1.165) is 27.9 Å². The highest BCUT2D eigenvalue weighted by Crippen LogP contribution is 2.42. The Labute approximate surface area is 206 Å². The van der Waals surface area contributed by atoms with Gasteiger partial charge >= 0.3 is 0 Å². The fourth-order valence-corrected chi connectivity index (χ4v) is 4.83. The van der Waals surface area contributed by atoms with Crippen molar-refractivity contribution in [3.63, 3.8) is 0 Å². The molecule has 0 fully saturated rings. The largest absolute Gasteiger partial charge is 0.305 e. The van der Waals surface area contributed by atoms with E-state index in [2.05, 4.69) is 31.4 Å². The zero-order valence-electron chi connectivity index (χ0n) is 19.2. The zero-order valence-corrected chi connectivity index (χ0v) is 20.0. The van der Waals surface area contributed by atoms with Gasteiger partial charge in [0.25, 0.3) is 0 Å². The van der Waals surface area contributed by atoms with Gasteiger partial charge in [-0.05, 0) is 22.8 Å². The lowest BCUT2D eigenvalue weighted by Crippen LogP contribution is -2.37. The van der Waals surface area contributed by atoms with Crippen LogP contribution in [0.1, 0.15) is 30.9 Å². The van der Waals surface area contributed by atoms with Gasteiger partial charge in [-0.2, -0.15) is 0 Å². The van der Waals surface area contributed by atoms with Crippen LogP contribution in [0.2, 0.25) is 0 Å². The van der Waals surface area contributed by atoms with Gasteiger partial charge in [0.05, 0.1) is 29.5 Å². The number of fused-ring (bicyclic) bond motifs is 1. The summed E-state index contributed by atoms with van der Waals surface area (Å²) >= 11 is 1.29. The standard InChI is InChI=1S/C27H22N6OS/c1-27(2,25(34)31-26-32-30-17-35-26)23(18-7-5-4-6-8-18)20-11-14-22-24(29-16-33(22)15-20)19-9-12-21(28-3)13-10-19/h4-17,23H,1-2H3,(H,31,32,34). The molecule has 1 unspecified atom stereocenters. The second-order valence-electron chi connectivity index (χ2n) is 8.77. The van der Waals surface area contributed by atoms with Crippen LogP contribution in [-0.4, -0.2) is 25.5 Å². The van der Waals surface area contributed by atoms with Crippen LogP contribution in [0.25, 0.3) is 21.6 Å². The van der Waals surface area contributed by atoms with Crippen molar-refractivity contribution in [1.29, 1.82) is 0 Å². The number of nitrogens with one attached hydrogen (secondary N) is 1. The van der Waals surface area contributed by atoms with E-state index in [1.165, 1.54) is 11.3 Å². The van der Waals surface area contributed by atoms with Gasteiger partial charge in [-0.3, -0.25) is 4.79 Å². The Kier molecular flexibility index (Phi) is 5.85. The molecule has 0 aliphatic heterocycles. The third kappa shape index (κ3) is 4.29. The van der Waals surface area contributed by atoms with Gasteiger partial charge in [0.15, 0.2) is 5.69 Å². The van der Waals surface area contributed by atoms with E-state index in [1.807, 2.05) is 73.0 Å². The van der Waals surface area contributed by atoms with E-state index >= 15 is 0 Å². The molecule has 1 atom stereocenters. The lowest BCUT2D eigenvalue weighted by atomic mass is 9.71. The van der Waals surface area contributed by atoms with Crippen molar-refractivity contribution in [2.45, 2.75) is 19.8 Å². The van der Waals surface area contributed by atoms with Crippen LogP contribution in [0.4, 0.5) is 10.8 Å². The number of amides is 1. The molecular formula is C27H22N6OS. The quantitative estimate of drug-likeness (QED) is 0.295. The highest BCUT2D eigenvalue weighted by Gasteiger charge is 2.39. The zero-order chi connectivity index (χ0) is 24.4. The average Bonchev–Trinajstić information content (AvgIpc) is 3.54. The summed E-state index contributed by atoms with van der Waals surface area (Å²) in [6.45, 7) is 11.1. The molecule has 0 radical (unpaired) electrons. The summed E-state index contributed by atoms with van der Waals surface area (Å²) in [5.41, 5.74) is 6.18. The van der Waals surface area contributed by atoms with Crippen LogP contribution < -0.4 is 5.32 Å². The number of carbonyl (C=O) groups is 1. The molecule has 1 N–H and O–H groups in total. The van der Waals surface area contributed by atoms with Crippen LogP contribution in [0.5, 0.6) is 0 Å². The van der Waals surface area contributed by atoms with E-state index < -0.39 is 5.41 Å². The predicted molar refractivity (Wildman–Crippen MR) is 137 cm³/mol. The molecule has 5 rings (SSSR count). The van der Waals surface area contributed by atoms with Crippen LogP contribution >= 0.6 is 11.3 Å². The molecule has 2 aromatic carbocycles. The Bertz CT molecular complexity index is 1520. The van der Waals surface area contributed by atoms with Crippen molar-refractivity contribution in [3.05, 3.63) is 107 Å². The molecule has 0 saturated carbocycles. The lowest BCUT2D eigenvalue weighted by molar-refractivity contribution is -0.124.